The number of esters is 1. The molecular weight excluding hydrogens is 382 g/mol. The number of hydrogen-bond acceptors (Lipinski definition) is 8. The average Bonchev–Trinajstić information content (AvgIpc) is 3.18. The number of carbonyl (C=O) groups excluding carboxylic acids is 1. The molecule has 0 unspecified atom stereocenters. The standard InChI is InChI=1S/C19H19N3O5S/c1-4-26-15-7-5-12(9-16(15)25-3)18-20-13(11-28-18)10-27-19(24)14-6-8-17(23)22(2)21-14/h5-9,11H,4,10H2,1-3H3. The van der Waals surface area contributed by atoms with E-state index in [1.54, 1.807) is 7.11 Å². The molecule has 9 heteroatoms. The molecule has 0 aliphatic rings. The summed E-state index contributed by atoms with van der Waals surface area (Å²) in [4.78, 5) is 27.9. The molecule has 0 spiro atoms. The highest BCUT2D eigenvalue weighted by Crippen LogP contribution is 2.33. The van der Waals surface area contributed by atoms with E-state index in [-0.39, 0.29) is 17.9 Å². The van der Waals surface area contributed by atoms with E-state index in [9.17, 15) is 9.59 Å². The van der Waals surface area contributed by atoms with Crippen molar-refractivity contribution in [2.75, 3.05) is 13.7 Å². The topological polar surface area (TPSA) is 92.5 Å². The van der Waals surface area contributed by atoms with Crippen LogP contribution in [0.25, 0.3) is 10.6 Å². The molecule has 146 valence electrons. The maximum Gasteiger partial charge on any atom is 0.359 e. The van der Waals surface area contributed by atoms with Crippen LogP contribution in [0.4, 0.5) is 0 Å². The molecule has 0 aliphatic heterocycles. The summed E-state index contributed by atoms with van der Waals surface area (Å²) in [6, 6.07) is 8.20. The van der Waals surface area contributed by atoms with Gasteiger partial charge in [0, 0.05) is 24.1 Å². The second-order valence-electron chi connectivity index (χ2n) is 5.70. The number of ether oxygens (including phenoxy) is 3. The summed E-state index contributed by atoms with van der Waals surface area (Å²) >= 11 is 1.43. The normalized spacial score (nSPS) is 10.5. The van der Waals surface area contributed by atoms with Crippen molar-refractivity contribution in [2.24, 2.45) is 7.05 Å². The molecule has 0 atom stereocenters. The van der Waals surface area contributed by atoms with Crippen molar-refractivity contribution in [3.05, 3.63) is 57.5 Å². The summed E-state index contributed by atoms with van der Waals surface area (Å²) in [5.74, 6) is 0.681. The van der Waals surface area contributed by atoms with Crippen LogP contribution in [0, 0.1) is 0 Å². The fourth-order valence-electron chi connectivity index (χ4n) is 2.41. The molecule has 3 aromatic rings. The first-order valence-electron chi connectivity index (χ1n) is 8.49. The molecular formula is C19H19N3O5S. The molecule has 28 heavy (non-hydrogen) atoms. The SMILES string of the molecule is CCOc1ccc(-c2nc(COC(=O)c3ccc(=O)n(C)n3)cs2)cc1OC. The predicted molar refractivity (Wildman–Crippen MR) is 104 cm³/mol. The smallest absolute Gasteiger partial charge is 0.359 e. The Labute approximate surface area is 165 Å². The van der Waals surface area contributed by atoms with Crippen LogP contribution >= 0.6 is 11.3 Å². The van der Waals surface area contributed by atoms with Gasteiger partial charge in [0.05, 0.1) is 19.4 Å². The Hall–Kier alpha value is -3.20. The zero-order valence-corrected chi connectivity index (χ0v) is 16.5. The maximum atomic E-state index is 12.1. The van der Waals surface area contributed by atoms with Crippen LogP contribution in [-0.2, 0) is 18.4 Å². The lowest BCUT2D eigenvalue weighted by Crippen LogP contribution is -2.21. The fraction of sp³-hybridized carbons (Fsp3) is 0.263. The molecule has 3 rings (SSSR count). The monoisotopic (exact) mass is 401 g/mol. The van der Waals surface area contributed by atoms with Crippen LogP contribution in [0.5, 0.6) is 11.5 Å². The van der Waals surface area contributed by atoms with Crippen LogP contribution in [0.3, 0.4) is 0 Å². The molecule has 0 N–H and O–H groups in total. The van der Waals surface area contributed by atoms with Crippen LogP contribution in [-0.4, -0.2) is 34.5 Å². The third kappa shape index (κ3) is 4.37. The lowest BCUT2D eigenvalue weighted by molar-refractivity contribution is 0.0458. The highest BCUT2D eigenvalue weighted by molar-refractivity contribution is 7.13. The van der Waals surface area contributed by atoms with Gasteiger partial charge in [-0.15, -0.1) is 11.3 Å². The number of thiazole rings is 1. The molecule has 0 saturated carbocycles. The van der Waals surface area contributed by atoms with Gasteiger partial charge in [-0.3, -0.25) is 4.79 Å². The number of methoxy groups -OCH3 is 1. The Balaban J connectivity index is 1.69. The van der Waals surface area contributed by atoms with Gasteiger partial charge in [0.2, 0.25) is 0 Å². The van der Waals surface area contributed by atoms with Crippen molar-refractivity contribution in [1.29, 1.82) is 0 Å². The van der Waals surface area contributed by atoms with Gasteiger partial charge >= 0.3 is 5.97 Å². The third-order valence-corrected chi connectivity index (χ3v) is 4.72. The minimum absolute atomic E-state index is 0.00795. The molecule has 0 aliphatic carbocycles. The predicted octanol–water partition coefficient (Wildman–Crippen LogP) is 2.67. The molecule has 0 fully saturated rings. The van der Waals surface area contributed by atoms with Crippen molar-refractivity contribution in [3.8, 4) is 22.1 Å². The third-order valence-electron chi connectivity index (χ3n) is 3.78. The van der Waals surface area contributed by atoms with Gasteiger partial charge in [-0.2, -0.15) is 5.10 Å². The second-order valence-corrected chi connectivity index (χ2v) is 6.56. The number of aryl methyl sites for hydroxylation is 1. The number of carbonyl (C=O) groups is 1. The van der Waals surface area contributed by atoms with E-state index in [1.165, 1.54) is 30.5 Å². The molecule has 8 nitrogen and oxygen atoms in total. The van der Waals surface area contributed by atoms with E-state index in [1.807, 2.05) is 30.5 Å². The first kappa shape index (κ1) is 19.6. The first-order chi connectivity index (χ1) is 13.5. The summed E-state index contributed by atoms with van der Waals surface area (Å²) in [6.07, 6.45) is 0. The minimum Gasteiger partial charge on any atom is -0.493 e. The van der Waals surface area contributed by atoms with E-state index >= 15 is 0 Å². The van der Waals surface area contributed by atoms with Gasteiger partial charge in [0.1, 0.15) is 11.6 Å². The van der Waals surface area contributed by atoms with Gasteiger partial charge in [-0.1, -0.05) is 0 Å². The highest BCUT2D eigenvalue weighted by Gasteiger charge is 2.13. The molecule has 0 saturated heterocycles. The van der Waals surface area contributed by atoms with Crippen LogP contribution in [0.15, 0.2) is 40.5 Å². The van der Waals surface area contributed by atoms with E-state index in [0.717, 1.165) is 15.3 Å². The van der Waals surface area contributed by atoms with Gasteiger partial charge in [0.25, 0.3) is 5.56 Å². The Morgan fingerprint density at radius 2 is 2.04 bits per heavy atom. The van der Waals surface area contributed by atoms with Gasteiger partial charge in [0.15, 0.2) is 17.2 Å². The van der Waals surface area contributed by atoms with Crippen molar-refractivity contribution < 1.29 is 19.0 Å². The second kappa shape index (κ2) is 8.66. The summed E-state index contributed by atoms with van der Waals surface area (Å²) in [5, 5.41) is 6.46. The Kier molecular flexibility index (Phi) is 6.05. The van der Waals surface area contributed by atoms with E-state index < -0.39 is 5.97 Å². The summed E-state index contributed by atoms with van der Waals surface area (Å²) < 4.78 is 17.2. The van der Waals surface area contributed by atoms with Crippen molar-refractivity contribution in [2.45, 2.75) is 13.5 Å². The molecule has 0 amide bonds. The number of nitrogens with zero attached hydrogens (tertiary/aromatic N) is 3. The van der Waals surface area contributed by atoms with Gasteiger partial charge in [-0.05, 0) is 31.2 Å². The average molecular weight is 401 g/mol. The zero-order valence-electron chi connectivity index (χ0n) is 15.7. The van der Waals surface area contributed by atoms with Crippen LogP contribution < -0.4 is 15.0 Å². The van der Waals surface area contributed by atoms with Crippen molar-refractivity contribution in [3.63, 3.8) is 0 Å². The molecule has 1 aromatic carbocycles. The van der Waals surface area contributed by atoms with E-state index in [0.29, 0.717) is 23.8 Å². The van der Waals surface area contributed by atoms with Crippen molar-refractivity contribution >= 4 is 17.3 Å². The Bertz CT molecular complexity index is 1040. The van der Waals surface area contributed by atoms with E-state index in [4.69, 9.17) is 14.2 Å². The number of benzene rings is 1. The lowest BCUT2D eigenvalue weighted by atomic mass is 10.2. The Morgan fingerprint density at radius 1 is 1.21 bits per heavy atom. The molecule has 2 aromatic heterocycles. The van der Waals surface area contributed by atoms with E-state index in [2.05, 4.69) is 10.1 Å². The number of aromatic nitrogens is 3. The number of rotatable bonds is 7. The maximum absolute atomic E-state index is 12.1. The van der Waals surface area contributed by atoms with Crippen LogP contribution in [0.1, 0.15) is 23.1 Å². The quantitative estimate of drug-likeness (QED) is 0.562. The number of hydrogen-bond donors (Lipinski definition) is 0. The van der Waals surface area contributed by atoms with Gasteiger partial charge in [-0.25, -0.2) is 14.5 Å². The minimum atomic E-state index is -0.618. The summed E-state index contributed by atoms with van der Waals surface area (Å²) in [7, 11) is 3.05. The highest BCUT2D eigenvalue weighted by atomic mass is 32.1. The first-order valence-corrected chi connectivity index (χ1v) is 9.37. The van der Waals surface area contributed by atoms with Crippen molar-refractivity contribution in [1.82, 2.24) is 14.8 Å². The molecule has 0 radical (unpaired) electrons. The zero-order chi connectivity index (χ0) is 20.1. The van der Waals surface area contributed by atoms with Gasteiger partial charge < -0.3 is 14.2 Å². The fourth-order valence-corrected chi connectivity index (χ4v) is 3.21. The lowest BCUT2D eigenvalue weighted by Gasteiger charge is -2.09. The molecule has 0 bridgehead atoms. The molecule has 2 heterocycles. The Morgan fingerprint density at radius 3 is 2.75 bits per heavy atom. The largest absolute Gasteiger partial charge is 0.493 e. The summed E-state index contributed by atoms with van der Waals surface area (Å²) in [6.45, 7) is 2.47. The van der Waals surface area contributed by atoms with Crippen LogP contribution in [0.2, 0.25) is 0 Å². The summed E-state index contributed by atoms with van der Waals surface area (Å²) in [5.41, 5.74) is 1.26.